The molecule has 8 aromatic rings. The third-order valence-corrected chi connectivity index (χ3v) is 12.7. The van der Waals surface area contributed by atoms with Gasteiger partial charge in [0.2, 0.25) is 0 Å². The van der Waals surface area contributed by atoms with Crippen molar-refractivity contribution in [2.75, 3.05) is 12.8 Å². The van der Waals surface area contributed by atoms with Crippen LogP contribution in [0.2, 0.25) is 0 Å². The second-order valence-corrected chi connectivity index (χ2v) is 18.5. The number of azo groups is 4. The average molecular weight is 978 g/mol. The topological polar surface area (TPSA) is 358 Å². The Morgan fingerprint density at radius 3 is 1.63 bits per heavy atom. The van der Waals surface area contributed by atoms with Gasteiger partial charge in [0.1, 0.15) is 48.9 Å². The average Bonchev–Trinajstić information content (AvgIpc) is 3.29. The molecular weight excluding hydrogens is 947 g/mol. The zero-order valence-corrected chi connectivity index (χ0v) is 36.9. The molecule has 0 aliphatic rings. The Kier molecular flexibility index (Phi) is 12.1. The van der Waals surface area contributed by atoms with Crippen LogP contribution in [-0.4, -0.2) is 61.3 Å². The van der Waals surface area contributed by atoms with Crippen LogP contribution in [0.5, 0.6) is 23.0 Å². The molecule has 0 saturated carbocycles. The number of rotatable bonds is 12. The Bertz CT molecular complexity index is 3870. The van der Waals surface area contributed by atoms with Crippen LogP contribution in [0.4, 0.5) is 51.2 Å². The van der Waals surface area contributed by atoms with Gasteiger partial charge in [0.25, 0.3) is 30.4 Å². The first-order chi connectivity index (χ1) is 32.2. The first kappa shape index (κ1) is 46.2. The van der Waals surface area contributed by atoms with Gasteiger partial charge >= 0.3 is 0 Å². The number of phenols is 3. The Balaban J connectivity index is 1.12. The second-order valence-electron chi connectivity index (χ2n) is 14.4. The SMILES string of the molecule is COc1ccc(N=Nc2c(S(=O)(=O)O)cc3ccc(N=Nc4c(S(=O)(=O)O)cc5ccc(N=Nc6ccc7c(O)c(N=Nc8ccccc8S(=O)(=O)O)ccc7c6)c(O)c5c4N)cc3c2O)cc1. The molecule has 344 valence electrons. The number of phenolic OH excluding ortho intramolecular Hbond substituents is 3. The molecule has 0 unspecified atom stereocenters. The zero-order valence-electron chi connectivity index (χ0n) is 34.5. The lowest BCUT2D eigenvalue weighted by molar-refractivity contribution is 0.415. The molecule has 0 aliphatic carbocycles. The van der Waals surface area contributed by atoms with Crippen LogP contribution in [0.1, 0.15) is 0 Å². The van der Waals surface area contributed by atoms with Gasteiger partial charge in [-0.1, -0.05) is 30.3 Å². The Labute approximate surface area is 384 Å². The molecular formula is C43H31N9O13S3. The van der Waals surface area contributed by atoms with Crippen molar-refractivity contribution in [2.45, 2.75) is 14.7 Å². The van der Waals surface area contributed by atoms with Gasteiger partial charge in [-0.25, -0.2) is 0 Å². The van der Waals surface area contributed by atoms with Crippen LogP contribution in [-0.2, 0) is 30.4 Å². The summed E-state index contributed by atoms with van der Waals surface area (Å²) in [4.78, 5) is -2.01. The molecule has 0 amide bonds. The monoisotopic (exact) mass is 977 g/mol. The molecule has 68 heavy (non-hydrogen) atoms. The Morgan fingerprint density at radius 2 is 0.941 bits per heavy atom. The molecule has 8 N–H and O–H groups in total. The highest BCUT2D eigenvalue weighted by atomic mass is 32.2. The summed E-state index contributed by atoms with van der Waals surface area (Å²) in [5, 5.41) is 66.4. The highest BCUT2D eigenvalue weighted by Gasteiger charge is 2.25. The molecule has 0 radical (unpaired) electrons. The maximum Gasteiger partial charge on any atom is 0.296 e. The molecule has 0 fully saturated rings. The van der Waals surface area contributed by atoms with E-state index in [0.717, 1.165) is 18.2 Å². The largest absolute Gasteiger partial charge is 0.505 e. The minimum atomic E-state index is -5.03. The van der Waals surface area contributed by atoms with Crippen molar-refractivity contribution in [3.8, 4) is 23.0 Å². The van der Waals surface area contributed by atoms with Gasteiger partial charge in [0, 0.05) is 10.8 Å². The first-order valence-corrected chi connectivity index (χ1v) is 23.5. The number of nitrogens with two attached hydrogens (primary N) is 1. The smallest absolute Gasteiger partial charge is 0.296 e. The van der Waals surface area contributed by atoms with Gasteiger partial charge in [-0.3, -0.25) is 13.7 Å². The van der Waals surface area contributed by atoms with E-state index in [1.54, 1.807) is 24.3 Å². The summed E-state index contributed by atoms with van der Waals surface area (Å²) < 4.78 is 108. The van der Waals surface area contributed by atoms with Crippen molar-refractivity contribution < 1.29 is 59.0 Å². The van der Waals surface area contributed by atoms with Gasteiger partial charge in [0.15, 0.2) is 17.2 Å². The molecule has 8 rings (SSSR count). The second kappa shape index (κ2) is 17.8. The van der Waals surface area contributed by atoms with Crippen LogP contribution in [0.15, 0.2) is 177 Å². The van der Waals surface area contributed by atoms with Gasteiger partial charge in [0.05, 0.1) is 35.2 Å². The number of fused-ring (bicyclic) bond motifs is 3. The minimum Gasteiger partial charge on any atom is -0.505 e. The summed E-state index contributed by atoms with van der Waals surface area (Å²) in [6, 6.07) is 27.6. The Morgan fingerprint density at radius 1 is 0.441 bits per heavy atom. The highest BCUT2D eigenvalue weighted by molar-refractivity contribution is 7.86. The van der Waals surface area contributed by atoms with E-state index in [-0.39, 0.29) is 61.4 Å². The quantitative estimate of drug-likeness (QED) is 0.0340. The van der Waals surface area contributed by atoms with E-state index >= 15 is 0 Å². The number of nitrogen functional groups attached to an aromatic ring is 1. The molecule has 0 aliphatic heterocycles. The number of ether oxygens (including phenoxy) is 1. The molecule has 0 bridgehead atoms. The number of methoxy groups -OCH3 is 1. The summed E-state index contributed by atoms with van der Waals surface area (Å²) in [5.41, 5.74) is 4.91. The van der Waals surface area contributed by atoms with Gasteiger partial charge < -0.3 is 25.8 Å². The van der Waals surface area contributed by atoms with E-state index in [0.29, 0.717) is 16.5 Å². The van der Waals surface area contributed by atoms with E-state index in [2.05, 4.69) is 40.9 Å². The van der Waals surface area contributed by atoms with Crippen molar-refractivity contribution in [1.29, 1.82) is 0 Å². The molecule has 0 spiro atoms. The fourth-order valence-electron chi connectivity index (χ4n) is 6.80. The van der Waals surface area contributed by atoms with Crippen LogP contribution < -0.4 is 10.5 Å². The van der Waals surface area contributed by atoms with E-state index in [1.165, 1.54) is 86.0 Å². The van der Waals surface area contributed by atoms with Gasteiger partial charge in [-0.2, -0.15) is 40.6 Å². The lowest BCUT2D eigenvalue weighted by Gasteiger charge is -2.12. The maximum absolute atomic E-state index is 12.6. The number of aromatic hydroxyl groups is 3. The Hall–Kier alpha value is -8.33. The normalized spacial score (nSPS) is 12.8. The lowest BCUT2D eigenvalue weighted by atomic mass is 10.1. The highest BCUT2D eigenvalue weighted by Crippen LogP contribution is 2.47. The first-order valence-electron chi connectivity index (χ1n) is 19.2. The number of anilines is 1. The van der Waals surface area contributed by atoms with Crippen molar-refractivity contribution >= 4 is 114 Å². The van der Waals surface area contributed by atoms with Crippen molar-refractivity contribution in [3.63, 3.8) is 0 Å². The van der Waals surface area contributed by atoms with E-state index < -0.39 is 73.6 Å². The van der Waals surface area contributed by atoms with Crippen LogP contribution in [0, 0.1) is 0 Å². The standard InChI is InChI=1S/C43H31N9O13S3/c1-65-28-13-10-25(11-14-28)45-52-40-36(68(62,63)64)19-23-6-9-27(21-30(23)42(40)54)47-51-39-35(67(59,60)61)20-24-8-17-33(43(55)37(24)38(39)44)49-46-26-12-15-29-22(18-26)7-16-32(41(29)53)50-48-31-4-2-3-5-34(31)66(56,57)58/h2-21,53-55H,44H2,1H3,(H,56,57,58)(H,59,60,61)(H,62,63,64). The van der Waals surface area contributed by atoms with Crippen molar-refractivity contribution in [1.82, 2.24) is 0 Å². The maximum atomic E-state index is 12.6. The summed E-state index contributed by atoms with van der Waals surface area (Å²) in [6.07, 6.45) is 0. The molecule has 0 heterocycles. The summed E-state index contributed by atoms with van der Waals surface area (Å²) >= 11 is 0. The molecule has 22 nitrogen and oxygen atoms in total. The summed E-state index contributed by atoms with van der Waals surface area (Å²) in [6.45, 7) is 0. The molecule has 0 saturated heterocycles. The van der Waals surface area contributed by atoms with Crippen molar-refractivity contribution in [2.24, 2.45) is 40.9 Å². The van der Waals surface area contributed by atoms with Crippen LogP contribution in [0.25, 0.3) is 32.3 Å². The third kappa shape index (κ3) is 9.36. The third-order valence-electron chi connectivity index (χ3n) is 10.1. The summed E-state index contributed by atoms with van der Waals surface area (Å²) in [5.74, 6) is -1.08. The number of benzene rings is 8. The van der Waals surface area contributed by atoms with Crippen molar-refractivity contribution in [3.05, 3.63) is 121 Å². The minimum absolute atomic E-state index is 0.0146. The predicted molar refractivity (Wildman–Crippen MR) is 247 cm³/mol. The molecule has 0 atom stereocenters. The zero-order chi connectivity index (χ0) is 48.7. The molecule has 8 aromatic carbocycles. The number of hydrogen-bond acceptors (Lipinski definition) is 19. The summed E-state index contributed by atoms with van der Waals surface area (Å²) in [7, 11) is -13.1. The van der Waals surface area contributed by atoms with Crippen LogP contribution >= 0.6 is 0 Å². The fourth-order valence-corrected chi connectivity index (χ4v) is 8.75. The van der Waals surface area contributed by atoms with E-state index in [9.17, 15) is 54.2 Å². The number of nitrogens with zero attached hydrogens (tertiary/aromatic N) is 8. The van der Waals surface area contributed by atoms with E-state index in [1.807, 2.05) is 0 Å². The van der Waals surface area contributed by atoms with Gasteiger partial charge in [-0.05, 0) is 107 Å². The van der Waals surface area contributed by atoms with Gasteiger partial charge in [-0.15, -0.1) is 25.6 Å². The fraction of sp³-hybridized carbons (Fsp3) is 0.0233. The lowest BCUT2D eigenvalue weighted by Crippen LogP contribution is -2.01. The number of hydrogen-bond donors (Lipinski definition) is 7. The predicted octanol–water partition coefficient (Wildman–Crippen LogP) is 11.3. The van der Waals surface area contributed by atoms with Crippen LogP contribution in [0.3, 0.4) is 0 Å². The van der Waals surface area contributed by atoms with E-state index in [4.69, 9.17) is 10.5 Å². The molecule has 25 heteroatoms. The molecule has 0 aromatic heterocycles.